The number of aryl methyl sites for hydroxylation is 1. The van der Waals surface area contributed by atoms with Gasteiger partial charge in [0.15, 0.2) is 11.8 Å². The Bertz CT molecular complexity index is 1200. The Morgan fingerprint density at radius 1 is 1.24 bits per heavy atom. The van der Waals surface area contributed by atoms with Gasteiger partial charge in [0, 0.05) is 5.69 Å². The second-order valence-corrected chi connectivity index (χ2v) is 11.3. The van der Waals surface area contributed by atoms with Crippen molar-refractivity contribution >= 4 is 29.3 Å². The van der Waals surface area contributed by atoms with Crippen LogP contribution in [0.1, 0.15) is 25.8 Å². The number of aliphatic hydroxyl groups excluding tert-OH is 1. The summed E-state index contributed by atoms with van der Waals surface area (Å²) >= 11 is 0. The van der Waals surface area contributed by atoms with Gasteiger partial charge in [-0.25, -0.2) is 18.5 Å². The van der Waals surface area contributed by atoms with Gasteiger partial charge in [0.1, 0.15) is 18.0 Å². The van der Waals surface area contributed by atoms with Gasteiger partial charge in [-0.1, -0.05) is 5.92 Å². The summed E-state index contributed by atoms with van der Waals surface area (Å²) in [6, 6.07) is 1.26. The molecule has 7 atom stereocenters. The van der Waals surface area contributed by atoms with Gasteiger partial charge in [-0.05, 0) is 26.8 Å². The van der Waals surface area contributed by atoms with Gasteiger partial charge in [-0.15, -0.1) is 5.92 Å². The van der Waals surface area contributed by atoms with Crippen molar-refractivity contribution in [1.29, 1.82) is 0 Å². The first-order valence-electron chi connectivity index (χ1n) is 8.99. The number of phosphoric acid groups is 3. The molecule has 0 amide bonds. The molecule has 1 aliphatic rings. The minimum Gasteiger partial charge on any atom is -0.386 e. The van der Waals surface area contributed by atoms with Crippen LogP contribution in [-0.2, 0) is 31.6 Å². The average Bonchev–Trinajstić information content (AvgIpc) is 2.83. The monoisotopic (exact) mass is 549 g/mol. The lowest BCUT2D eigenvalue weighted by molar-refractivity contribution is -0.0877. The summed E-state index contributed by atoms with van der Waals surface area (Å²) in [6.45, 7) is 3.74. The SMILES string of the molecule is CC#CC1(O)[C@@H](O)[C@@H]([C@H](C)OP(=O)(O)OP(=O)(O)OP(=O)(O)O)O[C@H]1n1c(C)cc(N)nc1=O. The molecule has 0 saturated carbocycles. The fourth-order valence-corrected chi connectivity index (χ4v) is 6.37. The molecule has 1 saturated heterocycles. The van der Waals surface area contributed by atoms with Crippen molar-refractivity contribution in [3.8, 4) is 11.8 Å². The minimum atomic E-state index is -5.79. The lowest BCUT2D eigenvalue weighted by Gasteiger charge is -2.28. The van der Waals surface area contributed by atoms with E-state index in [0.717, 1.165) is 11.5 Å². The third-order valence-corrected chi connectivity index (χ3v) is 8.26. The average molecular weight is 549 g/mol. The molecule has 0 aromatic carbocycles. The van der Waals surface area contributed by atoms with Crippen molar-refractivity contribution in [2.45, 2.75) is 50.9 Å². The molecular weight excluding hydrogens is 527 g/mol. The fraction of sp³-hybridized carbons (Fsp3) is 0.571. The van der Waals surface area contributed by atoms with Gasteiger partial charge in [-0.3, -0.25) is 9.09 Å². The van der Waals surface area contributed by atoms with E-state index in [1.54, 1.807) is 0 Å². The van der Waals surface area contributed by atoms with Crippen LogP contribution in [0.15, 0.2) is 10.9 Å². The number of aliphatic hydroxyl groups is 2. The Balaban J connectivity index is 2.37. The Morgan fingerprint density at radius 3 is 2.32 bits per heavy atom. The number of aromatic nitrogens is 2. The maximum Gasteiger partial charge on any atom is 0.490 e. The van der Waals surface area contributed by atoms with Crippen LogP contribution in [0.5, 0.6) is 0 Å². The van der Waals surface area contributed by atoms with E-state index in [1.165, 1.54) is 19.9 Å². The molecule has 0 bridgehead atoms. The lowest BCUT2D eigenvalue weighted by atomic mass is 9.92. The first kappa shape index (κ1) is 28.8. The number of nitrogens with two attached hydrogens (primary N) is 1. The quantitative estimate of drug-likeness (QED) is 0.149. The van der Waals surface area contributed by atoms with Gasteiger partial charge in [-0.2, -0.15) is 13.6 Å². The van der Waals surface area contributed by atoms with Crippen LogP contribution in [-0.4, -0.2) is 63.3 Å². The predicted molar refractivity (Wildman–Crippen MR) is 110 cm³/mol. The number of rotatable bonds is 8. The zero-order valence-electron chi connectivity index (χ0n) is 17.6. The summed E-state index contributed by atoms with van der Waals surface area (Å²) in [4.78, 5) is 52.1. The third kappa shape index (κ3) is 6.60. The van der Waals surface area contributed by atoms with Crippen molar-refractivity contribution in [1.82, 2.24) is 9.55 Å². The summed E-state index contributed by atoms with van der Waals surface area (Å²) < 4.78 is 52.6. The molecule has 8 N–H and O–H groups in total. The van der Waals surface area contributed by atoms with Crippen molar-refractivity contribution in [3.63, 3.8) is 0 Å². The van der Waals surface area contributed by atoms with E-state index in [4.69, 9.17) is 20.3 Å². The van der Waals surface area contributed by atoms with Gasteiger partial charge in [0.25, 0.3) is 0 Å². The first-order chi connectivity index (χ1) is 15.3. The molecule has 0 aliphatic carbocycles. The highest BCUT2D eigenvalue weighted by atomic mass is 31.3. The van der Waals surface area contributed by atoms with Crippen LogP contribution in [0.3, 0.4) is 0 Å². The van der Waals surface area contributed by atoms with Gasteiger partial charge < -0.3 is 40.3 Å². The van der Waals surface area contributed by atoms with Crippen LogP contribution < -0.4 is 11.4 Å². The highest BCUT2D eigenvalue weighted by Crippen LogP contribution is 2.66. The number of hydrogen-bond donors (Lipinski definition) is 7. The number of phosphoric ester groups is 1. The molecule has 2 heterocycles. The van der Waals surface area contributed by atoms with Gasteiger partial charge in [0.2, 0.25) is 0 Å². The van der Waals surface area contributed by atoms with Crippen molar-refractivity contribution < 1.29 is 61.4 Å². The highest BCUT2D eigenvalue weighted by molar-refractivity contribution is 7.66. The fourth-order valence-electron chi connectivity index (χ4n) is 3.17. The molecule has 192 valence electrons. The molecule has 2 rings (SSSR count). The Morgan fingerprint density at radius 2 is 1.82 bits per heavy atom. The second kappa shape index (κ2) is 9.88. The van der Waals surface area contributed by atoms with E-state index in [9.17, 15) is 38.5 Å². The molecule has 1 aromatic heterocycles. The van der Waals surface area contributed by atoms with Crippen LogP contribution >= 0.6 is 23.5 Å². The predicted octanol–water partition coefficient (Wildman–Crippen LogP) is -1.12. The number of nitrogen functional groups attached to an aromatic ring is 1. The number of hydrogen-bond acceptors (Lipinski definition) is 12. The lowest BCUT2D eigenvalue weighted by Crippen LogP contribution is -2.49. The summed E-state index contributed by atoms with van der Waals surface area (Å²) in [6.07, 6.45) is -7.12. The van der Waals surface area contributed by atoms with E-state index < -0.39 is 59.3 Å². The van der Waals surface area contributed by atoms with E-state index in [-0.39, 0.29) is 11.5 Å². The van der Waals surface area contributed by atoms with E-state index >= 15 is 0 Å². The Kier molecular flexibility index (Phi) is 8.36. The van der Waals surface area contributed by atoms with Crippen molar-refractivity contribution in [2.24, 2.45) is 0 Å². The molecule has 1 fully saturated rings. The molecule has 1 aromatic rings. The number of nitrogens with zero attached hydrogens (tertiary/aromatic N) is 2. The van der Waals surface area contributed by atoms with Crippen LogP contribution in [0.2, 0.25) is 0 Å². The number of ether oxygens (including phenoxy) is 1. The molecule has 3 unspecified atom stereocenters. The molecule has 20 heteroatoms. The van der Waals surface area contributed by atoms with Crippen LogP contribution in [0.25, 0.3) is 0 Å². The van der Waals surface area contributed by atoms with Gasteiger partial charge in [0.05, 0.1) is 6.10 Å². The largest absolute Gasteiger partial charge is 0.490 e. The van der Waals surface area contributed by atoms with E-state index in [1.807, 2.05) is 0 Å². The van der Waals surface area contributed by atoms with Crippen molar-refractivity contribution in [2.75, 3.05) is 5.73 Å². The zero-order chi connectivity index (χ0) is 26.3. The molecular formula is C14H22N3O14P3. The van der Waals surface area contributed by atoms with Crippen molar-refractivity contribution in [3.05, 3.63) is 22.2 Å². The molecule has 1 aliphatic heterocycles. The second-order valence-electron chi connectivity index (χ2n) is 6.97. The van der Waals surface area contributed by atoms with Gasteiger partial charge >= 0.3 is 29.2 Å². The van der Waals surface area contributed by atoms with Crippen LogP contribution in [0.4, 0.5) is 5.82 Å². The Labute approximate surface area is 191 Å². The first-order valence-corrected chi connectivity index (χ1v) is 13.5. The maximum atomic E-state index is 12.4. The molecule has 17 nitrogen and oxygen atoms in total. The standard InChI is InChI=1S/C14H22N3O14P3/c1-4-5-14(20)11(18)10(28-12(14)17-7(2)6-9(15)16-13(17)19)8(3)29-33(24,25)31-34(26,27)30-32(21,22)23/h6,8,10-12,18,20H,1-3H3,(H,24,25)(H,26,27)(H2,15,16,19)(H2,21,22,23)/t8-,10+,11-,12+,14?/m0/s1. The summed E-state index contributed by atoms with van der Waals surface area (Å²) in [5.74, 6) is 4.52. The summed E-state index contributed by atoms with van der Waals surface area (Å²) in [5.41, 5.74) is 2.21. The van der Waals surface area contributed by atoms with E-state index in [2.05, 4.69) is 30.0 Å². The zero-order valence-corrected chi connectivity index (χ0v) is 20.3. The molecule has 0 radical (unpaired) electrons. The smallest absolute Gasteiger partial charge is 0.386 e. The highest BCUT2D eigenvalue weighted by Gasteiger charge is 2.59. The maximum absolute atomic E-state index is 12.4. The topological polar surface area (TPSA) is 270 Å². The molecule has 34 heavy (non-hydrogen) atoms. The summed E-state index contributed by atoms with van der Waals surface area (Å²) in [5, 5.41) is 21.7. The third-order valence-electron chi connectivity index (χ3n) is 4.33. The van der Waals surface area contributed by atoms with Crippen LogP contribution in [0, 0.1) is 18.8 Å². The van der Waals surface area contributed by atoms with E-state index in [0.29, 0.717) is 0 Å². The normalized spacial score (nSPS) is 29.5. The minimum absolute atomic E-state index is 0.139. The summed E-state index contributed by atoms with van der Waals surface area (Å²) in [7, 11) is -17.0. The Hall–Kier alpha value is -1.47. The molecule has 0 spiro atoms. The number of anilines is 1.